The van der Waals surface area contributed by atoms with E-state index in [1.807, 2.05) is 37.9 Å². The molecule has 1 amide bonds. The van der Waals surface area contributed by atoms with Crippen molar-refractivity contribution in [2.45, 2.75) is 64.6 Å². The maximum Gasteiger partial charge on any atom is 0.410 e. The Kier molecular flexibility index (Phi) is 5.00. The van der Waals surface area contributed by atoms with E-state index in [9.17, 15) is 4.79 Å². The predicted octanol–water partition coefficient (Wildman–Crippen LogP) is 3.52. The van der Waals surface area contributed by atoms with Crippen LogP contribution in [0.1, 0.15) is 63.9 Å². The summed E-state index contributed by atoms with van der Waals surface area (Å²) in [4.78, 5) is 23.4. The molecular formula is C19H29N3O3. The van der Waals surface area contributed by atoms with Crippen molar-refractivity contribution in [2.24, 2.45) is 5.41 Å². The lowest BCUT2D eigenvalue weighted by Gasteiger charge is -2.27. The van der Waals surface area contributed by atoms with Crippen molar-refractivity contribution in [3.05, 3.63) is 23.8 Å². The molecule has 3 rings (SSSR count). The molecule has 138 valence electrons. The quantitative estimate of drug-likeness (QED) is 0.837. The molecule has 1 saturated carbocycles. The molecule has 2 atom stereocenters. The van der Waals surface area contributed by atoms with Gasteiger partial charge < -0.3 is 14.4 Å². The molecule has 2 fully saturated rings. The third kappa shape index (κ3) is 4.29. The zero-order valence-electron chi connectivity index (χ0n) is 15.7. The standard InChI is InChI=1S/C19H29N3O3/c1-18(2,3)25-17(23)22-10-8-19(13-22)7-5-14(11-19)16-20-9-6-15(21-16)12-24-4/h6,9,14H,5,7-8,10-13H2,1-4H3. The number of hydrogen-bond acceptors (Lipinski definition) is 5. The first-order chi connectivity index (χ1) is 11.8. The summed E-state index contributed by atoms with van der Waals surface area (Å²) in [6.45, 7) is 7.81. The molecule has 1 aromatic rings. The molecule has 1 aliphatic heterocycles. The predicted molar refractivity (Wildman–Crippen MR) is 94.2 cm³/mol. The first-order valence-corrected chi connectivity index (χ1v) is 9.09. The Balaban J connectivity index is 1.63. The van der Waals surface area contributed by atoms with Gasteiger partial charge in [-0.25, -0.2) is 14.8 Å². The zero-order valence-corrected chi connectivity index (χ0v) is 15.7. The SMILES string of the molecule is COCc1ccnc(C2CCC3(CCN(C(=O)OC(C)(C)C)C3)C2)n1. The average molecular weight is 347 g/mol. The minimum absolute atomic E-state index is 0.189. The fourth-order valence-corrected chi connectivity index (χ4v) is 4.05. The normalized spacial score (nSPS) is 26.4. The van der Waals surface area contributed by atoms with Crippen LogP contribution >= 0.6 is 0 Å². The van der Waals surface area contributed by atoms with Crippen LogP contribution in [0.25, 0.3) is 0 Å². The van der Waals surface area contributed by atoms with Crippen molar-refractivity contribution in [1.82, 2.24) is 14.9 Å². The van der Waals surface area contributed by atoms with Gasteiger partial charge in [0.25, 0.3) is 0 Å². The Morgan fingerprint density at radius 3 is 2.92 bits per heavy atom. The fraction of sp³-hybridized carbons (Fsp3) is 0.737. The molecule has 6 heteroatoms. The topological polar surface area (TPSA) is 64.5 Å². The van der Waals surface area contributed by atoms with Crippen molar-refractivity contribution in [3.63, 3.8) is 0 Å². The zero-order chi connectivity index (χ0) is 18.1. The smallest absolute Gasteiger partial charge is 0.410 e. The van der Waals surface area contributed by atoms with Crippen molar-refractivity contribution in [3.8, 4) is 0 Å². The van der Waals surface area contributed by atoms with Crippen LogP contribution in [0.5, 0.6) is 0 Å². The van der Waals surface area contributed by atoms with Gasteiger partial charge in [-0.15, -0.1) is 0 Å². The van der Waals surface area contributed by atoms with Gasteiger partial charge in [0.05, 0.1) is 12.3 Å². The van der Waals surface area contributed by atoms with Gasteiger partial charge in [-0.3, -0.25) is 0 Å². The van der Waals surface area contributed by atoms with Gasteiger partial charge in [0.1, 0.15) is 11.4 Å². The van der Waals surface area contributed by atoms with Gasteiger partial charge in [-0.05, 0) is 57.9 Å². The average Bonchev–Trinajstić information content (AvgIpc) is 3.14. The maximum absolute atomic E-state index is 12.3. The second-order valence-corrected chi connectivity index (χ2v) is 8.43. The Hall–Kier alpha value is -1.69. The molecule has 1 spiro atoms. The second-order valence-electron chi connectivity index (χ2n) is 8.43. The van der Waals surface area contributed by atoms with E-state index in [1.54, 1.807) is 7.11 Å². The summed E-state index contributed by atoms with van der Waals surface area (Å²) < 4.78 is 10.7. The molecular weight excluding hydrogens is 318 g/mol. The van der Waals surface area contributed by atoms with Gasteiger partial charge in [0.2, 0.25) is 0 Å². The van der Waals surface area contributed by atoms with Crippen LogP contribution in [0.2, 0.25) is 0 Å². The Morgan fingerprint density at radius 2 is 2.20 bits per heavy atom. The highest BCUT2D eigenvalue weighted by Crippen LogP contribution is 2.51. The maximum atomic E-state index is 12.3. The van der Waals surface area contributed by atoms with Gasteiger partial charge in [-0.2, -0.15) is 0 Å². The lowest BCUT2D eigenvalue weighted by Crippen LogP contribution is -2.36. The highest BCUT2D eigenvalue weighted by atomic mass is 16.6. The van der Waals surface area contributed by atoms with E-state index in [-0.39, 0.29) is 11.5 Å². The van der Waals surface area contributed by atoms with Crippen LogP contribution in [0, 0.1) is 5.41 Å². The largest absolute Gasteiger partial charge is 0.444 e. The van der Waals surface area contributed by atoms with E-state index >= 15 is 0 Å². The highest BCUT2D eigenvalue weighted by Gasteiger charge is 2.47. The molecule has 0 aromatic carbocycles. The summed E-state index contributed by atoms with van der Waals surface area (Å²) in [5, 5.41) is 0. The monoisotopic (exact) mass is 347 g/mol. The first kappa shape index (κ1) is 18.1. The number of methoxy groups -OCH3 is 1. The van der Waals surface area contributed by atoms with Crippen LogP contribution in [0.4, 0.5) is 4.79 Å². The lowest BCUT2D eigenvalue weighted by atomic mass is 9.84. The molecule has 2 aliphatic rings. The third-order valence-electron chi connectivity index (χ3n) is 5.18. The van der Waals surface area contributed by atoms with E-state index in [1.165, 1.54) is 0 Å². The van der Waals surface area contributed by atoms with E-state index in [0.29, 0.717) is 12.5 Å². The van der Waals surface area contributed by atoms with Crippen molar-refractivity contribution >= 4 is 6.09 Å². The number of ether oxygens (including phenoxy) is 2. The van der Waals surface area contributed by atoms with Crippen LogP contribution in [-0.2, 0) is 16.1 Å². The number of hydrogen-bond donors (Lipinski definition) is 0. The molecule has 0 bridgehead atoms. The van der Waals surface area contributed by atoms with Crippen LogP contribution < -0.4 is 0 Å². The van der Waals surface area contributed by atoms with Crippen molar-refractivity contribution in [1.29, 1.82) is 0 Å². The van der Waals surface area contributed by atoms with Gasteiger partial charge in [0.15, 0.2) is 0 Å². The van der Waals surface area contributed by atoms with E-state index in [0.717, 1.165) is 50.3 Å². The molecule has 25 heavy (non-hydrogen) atoms. The van der Waals surface area contributed by atoms with Gasteiger partial charge in [-0.1, -0.05) is 0 Å². The van der Waals surface area contributed by atoms with E-state index in [2.05, 4.69) is 9.97 Å². The summed E-state index contributed by atoms with van der Waals surface area (Å²) in [6, 6.07) is 1.90. The molecule has 2 unspecified atom stereocenters. The first-order valence-electron chi connectivity index (χ1n) is 9.09. The molecule has 1 aromatic heterocycles. The number of carbonyl (C=O) groups excluding carboxylic acids is 1. The molecule has 6 nitrogen and oxygen atoms in total. The summed E-state index contributed by atoms with van der Waals surface area (Å²) in [5.41, 5.74) is 0.679. The van der Waals surface area contributed by atoms with Crippen molar-refractivity contribution < 1.29 is 14.3 Å². The summed E-state index contributed by atoms with van der Waals surface area (Å²) >= 11 is 0. The second kappa shape index (κ2) is 6.90. The number of rotatable bonds is 3. The Labute approximate surface area is 149 Å². The van der Waals surface area contributed by atoms with Crippen LogP contribution in [0.15, 0.2) is 12.3 Å². The van der Waals surface area contributed by atoms with Crippen LogP contribution in [-0.4, -0.2) is 46.8 Å². The number of amides is 1. The minimum atomic E-state index is -0.444. The van der Waals surface area contributed by atoms with Crippen LogP contribution in [0.3, 0.4) is 0 Å². The number of likely N-dealkylation sites (tertiary alicyclic amines) is 1. The van der Waals surface area contributed by atoms with Gasteiger partial charge in [0, 0.05) is 32.3 Å². The fourth-order valence-electron chi connectivity index (χ4n) is 4.05. The summed E-state index contributed by atoms with van der Waals surface area (Å²) in [5.74, 6) is 1.29. The van der Waals surface area contributed by atoms with E-state index in [4.69, 9.17) is 9.47 Å². The molecule has 1 aliphatic carbocycles. The number of aromatic nitrogens is 2. The number of nitrogens with zero attached hydrogens (tertiary/aromatic N) is 3. The number of carbonyl (C=O) groups is 1. The lowest BCUT2D eigenvalue weighted by molar-refractivity contribution is 0.0273. The van der Waals surface area contributed by atoms with Crippen molar-refractivity contribution in [2.75, 3.05) is 20.2 Å². The highest BCUT2D eigenvalue weighted by molar-refractivity contribution is 5.68. The summed E-state index contributed by atoms with van der Waals surface area (Å²) in [6.07, 6.45) is 5.92. The van der Waals surface area contributed by atoms with Gasteiger partial charge >= 0.3 is 6.09 Å². The Morgan fingerprint density at radius 1 is 1.40 bits per heavy atom. The molecule has 0 N–H and O–H groups in total. The van der Waals surface area contributed by atoms with E-state index < -0.39 is 5.60 Å². The molecule has 0 radical (unpaired) electrons. The molecule has 1 saturated heterocycles. The Bertz CT molecular complexity index is 629. The summed E-state index contributed by atoms with van der Waals surface area (Å²) in [7, 11) is 1.68. The molecule has 2 heterocycles. The third-order valence-corrected chi connectivity index (χ3v) is 5.18. The minimum Gasteiger partial charge on any atom is -0.444 e.